The Hall–Kier alpha value is -2.41. The molecule has 29 heavy (non-hydrogen) atoms. The molecule has 2 heterocycles. The predicted molar refractivity (Wildman–Crippen MR) is 111 cm³/mol. The summed E-state index contributed by atoms with van der Waals surface area (Å²) in [6, 6.07) is 8.43. The highest BCUT2D eigenvalue weighted by molar-refractivity contribution is 5.93. The number of carbonyl (C=O) groups is 3. The monoisotopic (exact) mass is 400 g/mol. The lowest BCUT2D eigenvalue weighted by molar-refractivity contribution is -0.144. The molecular weight excluding hydrogens is 368 g/mol. The lowest BCUT2D eigenvalue weighted by Crippen LogP contribution is -2.57. The molecule has 0 aromatic heterocycles. The number of hydrogen-bond donors (Lipinski definition) is 3. The first-order valence-corrected chi connectivity index (χ1v) is 10.6. The molecule has 0 saturated carbocycles. The molecule has 0 spiro atoms. The van der Waals surface area contributed by atoms with Gasteiger partial charge >= 0.3 is 0 Å². The van der Waals surface area contributed by atoms with Gasteiger partial charge in [0.15, 0.2) is 0 Å². The molecule has 7 heteroatoms. The van der Waals surface area contributed by atoms with Crippen LogP contribution in [0.4, 0.5) is 0 Å². The smallest absolute Gasteiger partial charge is 0.246 e. The van der Waals surface area contributed by atoms with E-state index in [0.717, 1.165) is 31.2 Å². The number of carbonyl (C=O) groups excluding carboxylic acids is 3. The Kier molecular flexibility index (Phi) is 7.25. The van der Waals surface area contributed by atoms with Crippen LogP contribution in [0.2, 0.25) is 0 Å². The molecule has 2 aliphatic heterocycles. The second-order valence-electron chi connectivity index (χ2n) is 8.05. The van der Waals surface area contributed by atoms with Gasteiger partial charge in [-0.05, 0) is 45.2 Å². The number of nitrogens with one attached hydrogen (secondary N) is 3. The molecule has 1 aromatic carbocycles. The van der Waals surface area contributed by atoms with E-state index in [4.69, 9.17) is 0 Å². The van der Waals surface area contributed by atoms with Crippen LogP contribution in [0.3, 0.4) is 0 Å². The predicted octanol–water partition coefficient (Wildman–Crippen LogP) is 1.33. The first kappa shape index (κ1) is 21.3. The third kappa shape index (κ3) is 5.15. The number of fused-ring (bicyclic) bond motifs is 1. The number of benzene rings is 1. The van der Waals surface area contributed by atoms with E-state index in [1.54, 1.807) is 18.9 Å². The SMILES string of the molecule is CNC(C)C(=O)NC1CCCCC2CCC(C(=O)NCc3ccccc3)N2C1=O. The highest BCUT2D eigenvalue weighted by Gasteiger charge is 2.43. The Morgan fingerprint density at radius 1 is 1.10 bits per heavy atom. The van der Waals surface area contributed by atoms with Crippen LogP contribution in [0.15, 0.2) is 30.3 Å². The molecule has 1 aromatic rings. The quantitative estimate of drug-likeness (QED) is 0.672. The summed E-state index contributed by atoms with van der Waals surface area (Å²) in [5, 5.41) is 8.78. The number of nitrogens with zero attached hydrogens (tertiary/aromatic N) is 1. The van der Waals surface area contributed by atoms with Crippen molar-refractivity contribution in [3.8, 4) is 0 Å². The Balaban J connectivity index is 1.69. The molecule has 3 rings (SSSR count). The van der Waals surface area contributed by atoms with E-state index in [1.165, 1.54) is 0 Å². The average Bonchev–Trinajstić information content (AvgIpc) is 3.16. The fraction of sp³-hybridized carbons (Fsp3) is 0.591. The number of likely N-dealkylation sites (N-methyl/N-ethyl adjacent to an activating group) is 1. The minimum Gasteiger partial charge on any atom is -0.350 e. The van der Waals surface area contributed by atoms with Gasteiger partial charge in [0.05, 0.1) is 6.04 Å². The van der Waals surface area contributed by atoms with Crippen molar-refractivity contribution in [2.24, 2.45) is 0 Å². The van der Waals surface area contributed by atoms with E-state index in [1.807, 2.05) is 30.3 Å². The number of rotatable bonds is 6. The summed E-state index contributed by atoms with van der Waals surface area (Å²) in [4.78, 5) is 40.3. The van der Waals surface area contributed by atoms with Gasteiger partial charge in [0.25, 0.3) is 0 Å². The van der Waals surface area contributed by atoms with Gasteiger partial charge in [-0.3, -0.25) is 14.4 Å². The lowest BCUT2D eigenvalue weighted by Gasteiger charge is -2.35. The molecule has 0 bridgehead atoms. The lowest BCUT2D eigenvalue weighted by atomic mass is 9.98. The van der Waals surface area contributed by atoms with E-state index in [-0.39, 0.29) is 29.8 Å². The molecule has 3 N–H and O–H groups in total. The van der Waals surface area contributed by atoms with Gasteiger partial charge in [-0.1, -0.05) is 43.2 Å². The highest BCUT2D eigenvalue weighted by Crippen LogP contribution is 2.31. The molecule has 7 nitrogen and oxygen atoms in total. The summed E-state index contributed by atoms with van der Waals surface area (Å²) < 4.78 is 0. The summed E-state index contributed by atoms with van der Waals surface area (Å²) >= 11 is 0. The van der Waals surface area contributed by atoms with E-state index in [0.29, 0.717) is 19.4 Å². The maximum atomic E-state index is 13.3. The van der Waals surface area contributed by atoms with Crippen LogP contribution in [0, 0.1) is 0 Å². The van der Waals surface area contributed by atoms with E-state index in [9.17, 15) is 14.4 Å². The van der Waals surface area contributed by atoms with Crippen LogP contribution in [-0.4, -0.2) is 53.8 Å². The zero-order chi connectivity index (χ0) is 20.8. The van der Waals surface area contributed by atoms with Crippen LogP contribution < -0.4 is 16.0 Å². The molecule has 4 unspecified atom stereocenters. The van der Waals surface area contributed by atoms with Gasteiger partial charge in [-0.25, -0.2) is 0 Å². The van der Waals surface area contributed by atoms with Crippen molar-refractivity contribution in [3.05, 3.63) is 35.9 Å². The van der Waals surface area contributed by atoms with Gasteiger partial charge in [0, 0.05) is 12.6 Å². The molecule has 0 aliphatic carbocycles. The van der Waals surface area contributed by atoms with Crippen molar-refractivity contribution in [2.75, 3.05) is 7.05 Å². The standard InChI is InChI=1S/C22H32N4O3/c1-15(23-2)20(27)25-18-11-7-6-10-17-12-13-19(26(17)22(18)29)21(28)24-14-16-8-4-3-5-9-16/h3-5,8-9,15,17-19,23H,6-7,10-14H2,1-2H3,(H,24,28)(H,25,27). The van der Waals surface area contributed by atoms with Crippen molar-refractivity contribution >= 4 is 17.7 Å². The van der Waals surface area contributed by atoms with E-state index < -0.39 is 12.1 Å². The average molecular weight is 401 g/mol. The van der Waals surface area contributed by atoms with Crippen molar-refractivity contribution in [3.63, 3.8) is 0 Å². The Morgan fingerprint density at radius 2 is 1.83 bits per heavy atom. The molecule has 0 radical (unpaired) electrons. The minimum atomic E-state index is -0.566. The topological polar surface area (TPSA) is 90.5 Å². The summed E-state index contributed by atoms with van der Waals surface area (Å²) in [6.45, 7) is 2.21. The highest BCUT2D eigenvalue weighted by atomic mass is 16.2. The molecular formula is C22H32N4O3. The summed E-state index contributed by atoms with van der Waals surface area (Å²) in [5.74, 6) is -0.421. The first-order valence-electron chi connectivity index (χ1n) is 10.6. The fourth-order valence-electron chi connectivity index (χ4n) is 4.25. The third-order valence-electron chi connectivity index (χ3n) is 6.09. The first-order chi connectivity index (χ1) is 14.0. The largest absolute Gasteiger partial charge is 0.350 e. The summed E-state index contributed by atoms with van der Waals surface area (Å²) in [6.07, 6.45) is 4.94. The normalized spacial score (nSPS) is 25.5. The van der Waals surface area contributed by atoms with Crippen LogP contribution in [-0.2, 0) is 20.9 Å². The van der Waals surface area contributed by atoms with Gasteiger partial charge in [0.2, 0.25) is 17.7 Å². The second kappa shape index (κ2) is 9.87. The fourth-order valence-corrected chi connectivity index (χ4v) is 4.25. The number of hydrogen-bond acceptors (Lipinski definition) is 4. The minimum absolute atomic E-state index is 0.0800. The van der Waals surface area contributed by atoms with Crippen LogP contribution >= 0.6 is 0 Å². The number of amides is 3. The van der Waals surface area contributed by atoms with Crippen LogP contribution in [0.1, 0.15) is 51.0 Å². The third-order valence-corrected chi connectivity index (χ3v) is 6.09. The summed E-state index contributed by atoms with van der Waals surface area (Å²) in [7, 11) is 1.72. The maximum absolute atomic E-state index is 13.3. The molecule has 158 valence electrons. The molecule has 2 fully saturated rings. The molecule has 2 aliphatic rings. The van der Waals surface area contributed by atoms with Crippen LogP contribution in [0.5, 0.6) is 0 Å². The summed E-state index contributed by atoms with van der Waals surface area (Å²) in [5.41, 5.74) is 1.03. The van der Waals surface area contributed by atoms with Gasteiger partial charge < -0.3 is 20.9 Å². The molecule has 4 atom stereocenters. The molecule has 3 amide bonds. The van der Waals surface area contributed by atoms with Crippen molar-refractivity contribution in [2.45, 2.75) is 76.2 Å². The van der Waals surface area contributed by atoms with E-state index >= 15 is 0 Å². The Morgan fingerprint density at radius 3 is 2.55 bits per heavy atom. The van der Waals surface area contributed by atoms with Crippen molar-refractivity contribution in [1.82, 2.24) is 20.9 Å². The zero-order valence-corrected chi connectivity index (χ0v) is 17.3. The van der Waals surface area contributed by atoms with Gasteiger partial charge in [-0.15, -0.1) is 0 Å². The van der Waals surface area contributed by atoms with Crippen LogP contribution in [0.25, 0.3) is 0 Å². The maximum Gasteiger partial charge on any atom is 0.246 e. The molecule has 2 saturated heterocycles. The Labute approximate surface area is 172 Å². The van der Waals surface area contributed by atoms with Crippen molar-refractivity contribution in [1.29, 1.82) is 0 Å². The second-order valence-corrected chi connectivity index (χ2v) is 8.05. The van der Waals surface area contributed by atoms with Crippen molar-refractivity contribution < 1.29 is 14.4 Å². The van der Waals surface area contributed by atoms with E-state index in [2.05, 4.69) is 16.0 Å². The van der Waals surface area contributed by atoms with Gasteiger partial charge in [0.1, 0.15) is 12.1 Å². The zero-order valence-electron chi connectivity index (χ0n) is 17.3. The Bertz CT molecular complexity index is 724. The van der Waals surface area contributed by atoms with Gasteiger partial charge in [-0.2, -0.15) is 0 Å².